The Morgan fingerprint density at radius 3 is 2.50 bits per heavy atom. The number of carbonyl (C=O) groups is 2. The van der Waals surface area contributed by atoms with Crippen LogP contribution in [0.15, 0.2) is 89.6 Å². The third-order valence-electron chi connectivity index (χ3n) is 7.27. The fourth-order valence-corrected chi connectivity index (χ4v) is 4.80. The predicted octanol–water partition coefficient (Wildman–Crippen LogP) is 7.09. The van der Waals surface area contributed by atoms with Gasteiger partial charge in [-0.2, -0.15) is 0 Å². The number of aryl methyl sites for hydroxylation is 1. The van der Waals surface area contributed by atoms with E-state index in [9.17, 15) is 9.59 Å². The summed E-state index contributed by atoms with van der Waals surface area (Å²) in [4.78, 5) is 24.8. The van der Waals surface area contributed by atoms with E-state index >= 15 is 0 Å². The van der Waals surface area contributed by atoms with Gasteiger partial charge < -0.3 is 9.47 Å². The lowest BCUT2D eigenvalue weighted by Gasteiger charge is -2.21. The minimum Gasteiger partial charge on any atom is -0.462 e. The van der Waals surface area contributed by atoms with Gasteiger partial charge in [0.15, 0.2) is 0 Å². The zero-order valence-electron chi connectivity index (χ0n) is 22.3. The van der Waals surface area contributed by atoms with Gasteiger partial charge in [0.25, 0.3) is 0 Å². The molecule has 2 aliphatic rings. The van der Waals surface area contributed by atoms with E-state index in [1.807, 2.05) is 57.2 Å². The van der Waals surface area contributed by atoms with Crippen LogP contribution < -0.4 is 0 Å². The van der Waals surface area contributed by atoms with Crippen LogP contribution in [0.4, 0.5) is 0 Å². The van der Waals surface area contributed by atoms with Gasteiger partial charge in [-0.15, -0.1) is 0 Å². The summed E-state index contributed by atoms with van der Waals surface area (Å²) in [5.74, 6) is -0.0316. The van der Waals surface area contributed by atoms with Crippen molar-refractivity contribution in [2.24, 2.45) is 17.8 Å². The van der Waals surface area contributed by atoms with Crippen molar-refractivity contribution in [1.29, 1.82) is 0 Å². The number of benzene rings is 1. The molecule has 0 aromatic heterocycles. The Morgan fingerprint density at radius 1 is 1.08 bits per heavy atom. The molecule has 3 rings (SSSR count). The Kier molecular flexibility index (Phi) is 10.1. The molecule has 1 saturated heterocycles. The summed E-state index contributed by atoms with van der Waals surface area (Å²) >= 11 is 0. The molecule has 1 aliphatic carbocycles. The van der Waals surface area contributed by atoms with Crippen molar-refractivity contribution >= 4 is 11.9 Å². The zero-order chi connectivity index (χ0) is 26.1. The Hall–Kier alpha value is -3.14. The largest absolute Gasteiger partial charge is 0.462 e. The highest BCUT2D eigenvalue weighted by Gasteiger charge is 2.50. The second-order valence-electron chi connectivity index (χ2n) is 10.1. The summed E-state index contributed by atoms with van der Waals surface area (Å²) in [7, 11) is 0. The molecular formula is C32H40O4. The van der Waals surface area contributed by atoms with Crippen LogP contribution in [0.2, 0.25) is 0 Å². The van der Waals surface area contributed by atoms with Gasteiger partial charge in [-0.25, -0.2) is 4.79 Å². The lowest BCUT2D eigenvalue weighted by molar-refractivity contribution is -0.147. The molecule has 36 heavy (non-hydrogen) atoms. The van der Waals surface area contributed by atoms with Gasteiger partial charge >= 0.3 is 11.9 Å². The van der Waals surface area contributed by atoms with E-state index < -0.39 is 0 Å². The Morgan fingerprint density at radius 2 is 1.78 bits per heavy atom. The van der Waals surface area contributed by atoms with Crippen molar-refractivity contribution in [3.8, 4) is 0 Å². The SMILES string of the molecule is CC=CC=C(C)C(C)=CC=C(C)C(=O)OC1CC2OC(=O)CC2C1C=CC(C)CCc1ccccc1. The fraction of sp³-hybridized carbons (Fsp3) is 0.438. The van der Waals surface area contributed by atoms with Crippen molar-refractivity contribution in [3.05, 3.63) is 95.1 Å². The molecule has 0 spiro atoms. The summed E-state index contributed by atoms with van der Waals surface area (Å²) in [5.41, 5.74) is 4.12. The van der Waals surface area contributed by atoms with E-state index in [0.29, 0.717) is 24.3 Å². The van der Waals surface area contributed by atoms with Crippen molar-refractivity contribution in [3.63, 3.8) is 0 Å². The van der Waals surface area contributed by atoms with Gasteiger partial charge in [0.1, 0.15) is 12.2 Å². The molecule has 1 aliphatic heterocycles. The molecule has 4 heteroatoms. The summed E-state index contributed by atoms with van der Waals surface area (Å²) in [5, 5.41) is 0. The maximum atomic E-state index is 12.9. The fourth-order valence-electron chi connectivity index (χ4n) is 4.80. The molecule has 1 saturated carbocycles. The highest BCUT2D eigenvalue weighted by Crippen LogP contribution is 2.44. The normalized spacial score (nSPS) is 25.9. The molecule has 5 atom stereocenters. The number of fused-ring (bicyclic) bond motifs is 1. The molecular weight excluding hydrogens is 448 g/mol. The maximum absolute atomic E-state index is 12.9. The molecule has 0 amide bonds. The standard InChI is InChI=1S/C32H40O4/c1-6-7-11-23(3)24(4)16-17-25(5)32(34)36-29-21-30-28(20-31(33)35-30)27(29)19-15-22(2)14-18-26-12-9-8-10-13-26/h6-13,15-17,19,22,27-30H,14,18,20-21H2,1-5H3. The Labute approximate surface area is 216 Å². The first-order valence-corrected chi connectivity index (χ1v) is 13.1. The van der Waals surface area contributed by atoms with Crippen LogP contribution in [0.3, 0.4) is 0 Å². The first kappa shape index (κ1) is 27.4. The smallest absolute Gasteiger partial charge is 0.334 e. The minimum atomic E-state index is -0.319. The highest BCUT2D eigenvalue weighted by atomic mass is 16.6. The van der Waals surface area contributed by atoms with Crippen molar-refractivity contribution < 1.29 is 19.1 Å². The average Bonchev–Trinajstić information content (AvgIpc) is 3.38. The average molecular weight is 489 g/mol. The van der Waals surface area contributed by atoms with Gasteiger partial charge in [0.2, 0.25) is 0 Å². The Balaban J connectivity index is 1.65. The van der Waals surface area contributed by atoms with Crippen molar-refractivity contribution in [2.75, 3.05) is 0 Å². The predicted molar refractivity (Wildman–Crippen MR) is 145 cm³/mol. The van der Waals surface area contributed by atoms with Gasteiger partial charge in [-0.1, -0.05) is 79.8 Å². The van der Waals surface area contributed by atoms with E-state index in [0.717, 1.165) is 24.0 Å². The van der Waals surface area contributed by atoms with Gasteiger partial charge in [-0.05, 0) is 63.2 Å². The second-order valence-corrected chi connectivity index (χ2v) is 10.1. The first-order chi connectivity index (χ1) is 17.3. The lowest BCUT2D eigenvalue weighted by atomic mass is 9.90. The van der Waals surface area contributed by atoms with Crippen LogP contribution >= 0.6 is 0 Å². The Bertz CT molecular complexity index is 1060. The van der Waals surface area contributed by atoms with E-state index in [1.165, 1.54) is 5.56 Å². The van der Waals surface area contributed by atoms with Crippen molar-refractivity contribution in [2.45, 2.75) is 72.5 Å². The molecule has 1 aromatic rings. The van der Waals surface area contributed by atoms with Crippen LogP contribution in [0.1, 0.15) is 59.4 Å². The van der Waals surface area contributed by atoms with E-state index in [1.54, 1.807) is 6.92 Å². The second kappa shape index (κ2) is 13.2. The minimum absolute atomic E-state index is 0.0133. The summed E-state index contributed by atoms with van der Waals surface area (Å²) in [6.07, 6.45) is 16.7. The van der Waals surface area contributed by atoms with Crippen molar-refractivity contribution in [1.82, 2.24) is 0 Å². The third-order valence-corrected chi connectivity index (χ3v) is 7.27. The molecule has 0 radical (unpaired) electrons. The zero-order valence-corrected chi connectivity index (χ0v) is 22.3. The molecule has 192 valence electrons. The third kappa shape index (κ3) is 7.68. The first-order valence-electron chi connectivity index (χ1n) is 13.1. The monoisotopic (exact) mass is 488 g/mol. The number of esters is 2. The molecule has 5 unspecified atom stereocenters. The number of carbonyl (C=O) groups excluding carboxylic acids is 2. The quantitative estimate of drug-likeness (QED) is 0.153. The summed E-state index contributed by atoms with van der Waals surface area (Å²) < 4.78 is 11.5. The van der Waals surface area contributed by atoms with Gasteiger partial charge in [-0.3, -0.25) is 4.79 Å². The van der Waals surface area contributed by atoms with E-state index in [4.69, 9.17) is 9.47 Å². The van der Waals surface area contributed by atoms with Crippen LogP contribution in [-0.2, 0) is 25.5 Å². The van der Waals surface area contributed by atoms with E-state index in [-0.39, 0.29) is 36.0 Å². The van der Waals surface area contributed by atoms with Crippen LogP contribution in [0.5, 0.6) is 0 Å². The number of rotatable bonds is 10. The van der Waals surface area contributed by atoms with Crippen LogP contribution in [-0.4, -0.2) is 24.1 Å². The number of ether oxygens (including phenoxy) is 2. The molecule has 1 heterocycles. The van der Waals surface area contributed by atoms with Crippen LogP contribution in [0, 0.1) is 17.8 Å². The van der Waals surface area contributed by atoms with Gasteiger partial charge in [0.05, 0.1) is 6.42 Å². The van der Waals surface area contributed by atoms with Gasteiger partial charge in [0, 0.05) is 23.8 Å². The number of allylic oxidation sites excluding steroid dienone is 8. The molecule has 4 nitrogen and oxygen atoms in total. The molecule has 2 fully saturated rings. The summed E-state index contributed by atoms with van der Waals surface area (Å²) in [6, 6.07) is 10.5. The van der Waals surface area contributed by atoms with Crippen LogP contribution in [0.25, 0.3) is 0 Å². The lowest BCUT2D eigenvalue weighted by Crippen LogP contribution is -2.25. The number of hydrogen-bond donors (Lipinski definition) is 0. The maximum Gasteiger partial charge on any atom is 0.334 e. The number of hydrogen-bond acceptors (Lipinski definition) is 4. The highest BCUT2D eigenvalue weighted by molar-refractivity contribution is 5.88. The molecule has 1 aromatic carbocycles. The topological polar surface area (TPSA) is 52.6 Å². The molecule has 0 bridgehead atoms. The summed E-state index contributed by atoms with van der Waals surface area (Å²) in [6.45, 7) is 10.0. The van der Waals surface area contributed by atoms with E-state index in [2.05, 4.69) is 43.3 Å². The molecule has 0 N–H and O–H groups in total.